The SMILES string of the molecule is O=C(Oc1nc2n(c(=O)c1-n1cccc1)CCS2)c1ccccc1. The first-order valence-electron chi connectivity index (χ1n) is 7.42. The lowest BCUT2D eigenvalue weighted by Crippen LogP contribution is -2.26. The van der Waals surface area contributed by atoms with Gasteiger partial charge in [0.05, 0.1) is 5.56 Å². The predicted octanol–water partition coefficient (Wildman–Crippen LogP) is 2.36. The number of thioether (sulfide) groups is 1. The lowest BCUT2D eigenvalue weighted by Gasteiger charge is -2.12. The predicted molar refractivity (Wildman–Crippen MR) is 89.9 cm³/mol. The van der Waals surface area contributed by atoms with Gasteiger partial charge in [-0.05, 0) is 24.3 Å². The van der Waals surface area contributed by atoms with Crippen LogP contribution in [0.4, 0.5) is 0 Å². The average Bonchev–Trinajstić information content (AvgIpc) is 3.27. The van der Waals surface area contributed by atoms with E-state index in [9.17, 15) is 9.59 Å². The van der Waals surface area contributed by atoms with E-state index in [0.717, 1.165) is 5.75 Å². The van der Waals surface area contributed by atoms with E-state index in [1.54, 1.807) is 57.9 Å². The van der Waals surface area contributed by atoms with Crippen LogP contribution in [0.1, 0.15) is 10.4 Å². The summed E-state index contributed by atoms with van der Waals surface area (Å²) in [4.78, 5) is 29.6. The van der Waals surface area contributed by atoms with Gasteiger partial charge < -0.3 is 9.30 Å². The first-order chi connectivity index (χ1) is 11.7. The van der Waals surface area contributed by atoms with E-state index in [0.29, 0.717) is 17.3 Å². The number of carbonyl (C=O) groups is 1. The van der Waals surface area contributed by atoms with Gasteiger partial charge in [-0.3, -0.25) is 9.36 Å². The Balaban J connectivity index is 1.81. The first kappa shape index (κ1) is 14.8. The van der Waals surface area contributed by atoms with Gasteiger partial charge in [0.1, 0.15) is 0 Å². The summed E-state index contributed by atoms with van der Waals surface area (Å²) in [6.07, 6.45) is 3.46. The van der Waals surface area contributed by atoms with Crippen LogP contribution in [0.5, 0.6) is 5.88 Å². The molecular weight excluding hydrogens is 326 g/mol. The number of aromatic nitrogens is 3. The van der Waals surface area contributed by atoms with Gasteiger partial charge in [-0.2, -0.15) is 4.98 Å². The molecular formula is C17H13N3O3S. The first-order valence-corrected chi connectivity index (χ1v) is 8.41. The molecule has 0 N–H and O–H groups in total. The highest BCUT2D eigenvalue weighted by Crippen LogP contribution is 2.27. The minimum Gasteiger partial charge on any atom is -0.401 e. The molecule has 24 heavy (non-hydrogen) atoms. The molecule has 1 aromatic carbocycles. The maximum absolute atomic E-state index is 12.8. The van der Waals surface area contributed by atoms with Crippen molar-refractivity contribution in [3.63, 3.8) is 0 Å². The van der Waals surface area contributed by atoms with Crippen LogP contribution in [0.2, 0.25) is 0 Å². The van der Waals surface area contributed by atoms with Crippen molar-refractivity contribution in [1.29, 1.82) is 0 Å². The fourth-order valence-corrected chi connectivity index (χ4v) is 3.47. The van der Waals surface area contributed by atoms with Gasteiger partial charge in [0, 0.05) is 24.7 Å². The third-order valence-corrected chi connectivity index (χ3v) is 4.64. The maximum atomic E-state index is 12.8. The van der Waals surface area contributed by atoms with Crippen LogP contribution in [-0.4, -0.2) is 25.8 Å². The fraction of sp³-hybridized carbons (Fsp3) is 0.118. The van der Waals surface area contributed by atoms with Crippen molar-refractivity contribution in [1.82, 2.24) is 14.1 Å². The lowest BCUT2D eigenvalue weighted by atomic mass is 10.2. The van der Waals surface area contributed by atoms with Gasteiger partial charge in [0.25, 0.3) is 11.4 Å². The van der Waals surface area contributed by atoms with E-state index in [1.807, 2.05) is 6.07 Å². The summed E-state index contributed by atoms with van der Waals surface area (Å²) in [7, 11) is 0. The van der Waals surface area contributed by atoms with E-state index in [1.165, 1.54) is 11.8 Å². The molecule has 0 radical (unpaired) electrons. The summed E-state index contributed by atoms with van der Waals surface area (Å²) in [5.41, 5.74) is 0.443. The molecule has 0 fully saturated rings. The Bertz CT molecular complexity index is 949. The molecule has 0 unspecified atom stereocenters. The summed E-state index contributed by atoms with van der Waals surface area (Å²) in [6.45, 7) is 0.604. The molecule has 2 aromatic heterocycles. The second-order valence-electron chi connectivity index (χ2n) is 5.20. The molecule has 0 saturated carbocycles. The van der Waals surface area contributed by atoms with Crippen molar-refractivity contribution >= 4 is 17.7 Å². The van der Waals surface area contributed by atoms with Gasteiger partial charge in [0.15, 0.2) is 10.8 Å². The molecule has 0 spiro atoms. The van der Waals surface area contributed by atoms with Crippen LogP contribution in [0.3, 0.4) is 0 Å². The molecule has 120 valence electrons. The van der Waals surface area contributed by atoms with Gasteiger partial charge in [-0.1, -0.05) is 30.0 Å². The monoisotopic (exact) mass is 339 g/mol. The summed E-state index contributed by atoms with van der Waals surface area (Å²) in [5, 5.41) is 0.576. The minimum atomic E-state index is -0.538. The van der Waals surface area contributed by atoms with Gasteiger partial charge >= 0.3 is 5.97 Å². The van der Waals surface area contributed by atoms with Gasteiger partial charge in [-0.15, -0.1) is 0 Å². The summed E-state index contributed by atoms with van der Waals surface area (Å²) in [6, 6.07) is 12.2. The van der Waals surface area contributed by atoms with E-state index in [4.69, 9.17) is 4.74 Å². The second-order valence-corrected chi connectivity index (χ2v) is 6.26. The Morgan fingerprint density at radius 2 is 1.88 bits per heavy atom. The molecule has 0 atom stereocenters. The second kappa shape index (κ2) is 6.01. The van der Waals surface area contributed by atoms with E-state index < -0.39 is 5.97 Å². The zero-order valence-corrected chi connectivity index (χ0v) is 13.4. The third-order valence-electron chi connectivity index (χ3n) is 3.69. The smallest absolute Gasteiger partial charge is 0.344 e. The quantitative estimate of drug-likeness (QED) is 0.541. The normalized spacial score (nSPS) is 12.8. The molecule has 0 saturated heterocycles. The van der Waals surface area contributed by atoms with Gasteiger partial charge in [-0.25, -0.2) is 4.79 Å². The zero-order valence-electron chi connectivity index (χ0n) is 12.6. The maximum Gasteiger partial charge on any atom is 0.344 e. The van der Waals surface area contributed by atoms with Crippen molar-refractivity contribution in [2.75, 3.05) is 5.75 Å². The summed E-state index contributed by atoms with van der Waals surface area (Å²) >= 11 is 1.48. The molecule has 0 aliphatic carbocycles. The average molecular weight is 339 g/mol. The van der Waals surface area contributed by atoms with Crippen LogP contribution >= 0.6 is 11.8 Å². The third kappa shape index (κ3) is 2.52. The molecule has 4 rings (SSSR count). The number of carbonyl (C=O) groups excluding carboxylic acids is 1. The van der Waals surface area contributed by atoms with Crippen LogP contribution < -0.4 is 10.3 Å². The molecule has 3 aromatic rings. The van der Waals surface area contributed by atoms with Crippen molar-refractivity contribution < 1.29 is 9.53 Å². The van der Waals surface area contributed by atoms with E-state index >= 15 is 0 Å². The number of rotatable bonds is 3. The molecule has 7 heteroatoms. The molecule has 1 aliphatic rings. The Labute approximate surface area is 141 Å². The summed E-state index contributed by atoms with van der Waals surface area (Å²) in [5.74, 6) is 0.276. The van der Waals surface area contributed by atoms with Gasteiger partial charge in [0.2, 0.25) is 0 Å². The number of benzene rings is 1. The number of ether oxygens (including phenoxy) is 1. The number of esters is 1. The molecule has 0 bridgehead atoms. The molecule has 1 aliphatic heterocycles. The number of fused-ring (bicyclic) bond motifs is 1. The molecule has 3 heterocycles. The van der Waals surface area contributed by atoms with Crippen molar-refractivity contribution in [2.24, 2.45) is 0 Å². The van der Waals surface area contributed by atoms with Crippen LogP contribution in [0.25, 0.3) is 5.69 Å². The molecule has 0 amide bonds. The van der Waals surface area contributed by atoms with E-state index in [-0.39, 0.29) is 17.1 Å². The zero-order chi connectivity index (χ0) is 16.5. The highest BCUT2D eigenvalue weighted by atomic mass is 32.2. The highest BCUT2D eigenvalue weighted by molar-refractivity contribution is 7.99. The fourth-order valence-electron chi connectivity index (χ4n) is 2.54. The minimum absolute atomic E-state index is 0.0331. The largest absolute Gasteiger partial charge is 0.401 e. The number of nitrogens with zero attached hydrogens (tertiary/aromatic N) is 3. The lowest BCUT2D eigenvalue weighted by molar-refractivity contribution is 0.0725. The van der Waals surface area contributed by atoms with Crippen molar-refractivity contribution in [3.8, 4) is 11.6 Å². The topological polar surface area (TPSA) is 66.1 Å². The highest BCUT2D eigenvalue weighted by Gasteiger charge is 2.24. The van der Waals surface area contributed by atoms with Crippen LogP contribution in [0.15, 0.2) is 64.8 Å². The van der Waals surface area contributed by atoms with Crippen LogP contribution in [0, 0.1) is 0 Å². The van der Waals surface area contributed by atoms with Crippen molar-refractivity contribution in [2.45, 2.75) is 11.7 Å². The Morgan fingerprint density at radius 3 is 2.62 bits per heavy atom. The summed E-state index contributed by atoms with van der Waals surface area (Å²) < 4.78 is 8.70. The Kier molecular flexibility index (Phi) is 3.70. The Hall–Kier alpha value is -2.80. The number of hydrogen-bond donors (Lipinski definition) is 0. The number of hydrogen-bond acceptors (Lipinski definition) is 5. The van der Waals surface area contributed by atoms with Crippen molar-refractivity contribution in [3.05, 3.63) is 70.8 Å². The molecule has 6 nitrogen and oxygen atoms in total. The van der Waals surface area contributed by atoms with E-state index in [2.05, 4.69) is 4.98 Å². The Morgan fingerprint density at radius 1 is 1.12 bits per heavy atom. The van der Waals surface area contributed by atoms with Crippen LogP contribution in [-0.2, 0) is 6.54 Å². The standard InChI is InChI=1S/C17H13N3O3S/c21-15-13(19-8-4-5-9-19)14(18-17-20(15)10-11-24-17)23-16(22)12-6-2-1-3-7-12/h1-9H,10-11H2.